The Kier molecular flexibility index (Phi) is 4.19. The highest BCUT2D eigenvalue weighted by molar-refractivity contribution is 7.99. The number of rotatable bonds is 4. The van der Waals surface area contributed by atoms with E-state index in [-0.39, 0.29) is 23.6 Å². The van der Waals surface area contributed by atoms with Crippen molar-refractivity contribution in [2.24, 2.45) is 0 Å². The van der Waals surface area contributed by atoms with E-state index in [4.69, 9.17) is 11.5 Å². The van der Waals surface area contributed by atoms with Crippen LogP contribution in [0.3, 0.4) is 0 Å². The number of nitrogens with one attached hydrogen (secondary N) is 1. The number of hydrogen-bond acceptors (Lipinski definition) is 7. The number of carbonyl (C=O) groups is 1. The molecule has 0 spiro atoms. The zero-order valence-corrected chi connectivity index (χ0v) is 10.7. The highest BCUT2D eigenvalue weighted by Gasteiger charge is 2.17. The maximum Gasteiger partial charge on any atom is 0.230 e. The van der Waals surface area contributed by atoms with E-state index in [1.54, 1.807) is 0 Å². The summed E-state index contributed by atoms with van der Waals surface area (Å²) in [6.07, 6.45) is 4.53. The van der Waals surface area contributed by atoms with Crippen LogP contribution in [0.15, 0.2) is 5.16 Å². The first-order valence-electron chi connectivity index (χ1n) is 5.82. The smallest absolute Gasteiger partial charge is 0.230 e. The zero-order chi connectivity index (χ0) is 13.0. The molecule has 1 heterocycles. The number of nitrogens with two attached hydrogens (primary N) is 2. The molecule has 1 aliphatic carbocycles. The van der Waals surface area contributed by atoms with E-state index < -0.39 is 0 Å². The molecule has 0 atom stereocenters. The Morgan fingerprint density at radius 2 is 1.83 bits per heavy atom. The van der Waals surface area contributed by atoms with E-state index in [0.29, 0.717) is 11.2 Å². The van der Waals surface area contributed by atoms with Crippen LogP contribution in [0, 0.1) is 0 Å². The van der Waals surface area contributed by atoms with Crippen molar-refractivity contribution in [1.82, 2.24) is 20.3 Å². The first-order chi connectivity index (χ1) is 8.63. The van der Waals surface area contributed by atoms with Gasteiger partial charge in [-0.25, -0.2) is 0 Å². The lowest BCUT2D eigenvalue weighted by Crippen LogP contribution is -2.33. The predicted octanol–water partition coefficient (Wildman–Crippen LogP) is 0.187. The minimum atomic E-state index is -0.00976. The molecule has 0 bridgehead atoms. The van der Waals surface area contributed by atoms with Crippen molar-refractivity contribution in [3.8, 4) is 0 Å². The first kappa shape index (κ1) is 12.9. The summed E-state index contributed by atoms with van der Waals surface area (Å²) in [7, 11) is 0. The van der Waals surface area contributed by atoms with Gasteiger partial charge in [-0.1, -0.05) is 24.6 Å². The third-order valence-electron chi connectivity index (χ3n) is 2.70. The van der Waals surface area contributed by atoms with E-state index in [0.717, 1.165) is 12.8 Å². The number of nitrogen functional groups attached to an aromatic ring is 2. The maximum absolute atomic E-state index is 11.7. The molecule has 1 saturated carbocycles. The Balaban J connectivity index is 1.81. The van der Waals surface area contributed by atoms with Gasteiger partial charge < -0.3 is 16.8 Å². The van der Waals surface area contributed by atoms with E-state index in [1.165, 1.54) is 24.6 Å². The molecule has 1 aliphatic rings. The number of hydrogen-bond donors (Lipinski definition) is 3. The lowest BCUT2D eigenvalue weighted by Gasteiger charge is -2.11. The molecule has 1 fully saturated rings. The van der Waals surface area contributed by atoms with Crippen LogP contribution in [-0.4, -0.2) is 32.7 Å². The topological polar surface area (TPSA) is 120 Å². The normalized spacial score (nSPS) is 15.8. The molecule has 98 valence electrons. The average Bonchev–Trinajstić information content (AvgIpc) is 2.78. The molecule has 0 saturated heterocycles. The molecule has 0 aliphatic heterocycles. The summed E-state index contributed by atoms with van der Waals surface area (Å²) in [5, 5.41) is 3.36. The predicted molar refractivity (Wildman–Crippen MR) is 69.8 cm³/mol. The molecular formula is C10H16N6OS. The van der Waals surface area contributed by atoms with Crippen LogP contribution in [-0.2, 0) is 4.79 Å². The summed E-state index contributed by atoms with van der Waals surface area (Å²) >= 11 is 1.21. The molecule has 0 radical (unpaired) electrons. The molecule has 0 aromatic carbocycles. The molecule has 1 aromatic rings. The van der Waals surface area contributed by atoms with Crippen molar-refractivity contribution in [2.45, 2.75) is 36.9 Å². The van der Waals surface area contributed by atoms with E-state index >= 15 is 0 Å². The number of nitrogens with zero attached hydrogens (tertiary/aromatic N) is 3. The lowest BCUT2D eigenvalue weighted by molar-refractivity contribution is -0.119. The number of anilines is 2. The van der Waals surface area contributed by atoms with Gasteiger partial charge in [-0.05, 0) is 12.8 Å². The van der Waals surface area contributed by atoms with Crippen LogP contribution < -0.4 is 16.8 Å². The van der Waals surface area contributed by atoms with Crippen molar-refractivity contribution in [3.63, 3.8) is 0 Å². The molecule has 0 unspecified atom stereocenters. The van der Waals surface area contributed by atoms with Crippen LogP contribution in [0.25, 0.3) is 0 Å². The third kappa shape index (κ3) is 3.73. The van der Waals surface area contributed by atoms with Gasteiger partial charge >= 0.3 is 0 Å². The fraction of sp³-hybridized carbons (Fsp3) is 0.600. The molecule has 1 aromatic heterocycles. The lowest BCUT2D eigenvalue weighted by atomic mass is 10.2. The molecule has 18 heavy (non-hydrogen) atoms. The summed E-state index contributed by atoms with van der Waals surface area (Å²) in [5.74, 6) is 0.395. The molecule has 5 N–H and O–H groups in total. The van der Waals surface area contributed by atoms with Crippen molar-refractivity contribution >= 4 is 29.6 Å². The number of thioether (sulfide) groups is 1. The van der Waals surface area contributed by atoms with Gasteiger partial charge in [0.25, 0.3) is 0 Å². The van der Waals surface area contributed by atoms with Crippen molar-refractivity contribution in [1.29, 1.82) is 0 Å². The highest BCUT2D eigenvalue weighted by atomic mass is 32.2. The van der Waals surface area contributed by atoms with Gasteiger partial charge in [0.15, 0.2) is 5.16 Å². The van der Waals surface area contributed by atoms with Crippen LogP contribution in [0.1, 0.15) is 25.7 Å². The second-order valence-electron chi connectivity index (χ2n) is 4.17. The second-order valence-corrected chi connectivity index (χ2v) is 5.11. The van der Waals surface area contributed by atoms with Gasteiger partial charge in [0, 0.05) is 6.04 Å². The van der Waals surface area contributed by atoms with E-state index in [2.05, 4.69) is 20.3 Å². The first-order valence-corrected chi connectivity index (χ1v) is 6.81. The summed E-state index contributed by atoms with van der Waals surface area (Å²) in [5.41, 5.74) is 10.9. The SMILES string of the molecule is Nc1nc(N)nc(SCC(=O)NC2CCCC2)n1. The largest absolute Gasteiger partial charge is 0.368 e. The van der Waals surface area contributed by atoms with Gasteiger partial charge in [0.05, 0.1) is 5.75 Å². The Morgan fingerprint density at radius 1 is 1.22 bits per heavy atom. The van der Waals surface area contributed by atoms with E-state index in [1.807, 2.05) is 0 Å². The van der Waals surface area contributed by atoms with Gasteiger partial charge in [0.2, 0.25) is 17.8 Å². The Morgan fingerprint density at radius 3 is 2.44 bits per heavy atom. The monoisotopic (exact) mass is 268 g/mol. The van der Waals surface area contributed by atoms with Gasteiger partial charge in [-0.3, -0.25) is 4.79 Å². The van der Waals surface area contributed by atoms with Gasteiger partial charge in [0.1, 0.15) is 0 Å². The summed E-state index contributed by atoms with van der Waals surface area (Å²) < 4.78 is 0. The van der Waals surface area contributed by atoms with Crippen LogP contribution in [0.5, 0.6) is 0 Å². The Labute approximate surface area is 109 Å². The van der Waals surface area contributed by atoms with Gasteiger partial charge in [-0.2, -0.15) is 15.0 Å². The number of amides is 1. The maximum atomic E-state index is 11.7. The summed E-state index contributed by atoms with van der Waals surface area (Å²) in [4.78, 5) is 23.1. The fourth-order valence-electron chi connectivity index (χ4n) is 1.92. The molecule has 7 nitrogen and oxygen atoms in total. The molecule has 8 heteroatoms. The molecule has 2 rings (SSSR count). The molecule has 1 amide bonds. The standard InChI is InChI=1S/C10H16N6OS/c11-8-14-9(12)16-10(15-8)18-5-7(17)13-6-3-1-2-4-6/h6H,1-5H2,(H,13,17)(H4,11,12,14,15,16). The summed E-state index contributed by atoms with van der Waals surface area (Å²) in [6.45, 7) is 0. The van der Waals surface area contributed by atoms with E-state index in [9.17, 15) is 4.79 Å². The number of carbonyl (C=O) groups excluding carboxylic acids is 1. The van der Waals surface area contributed by atoms with Crippen LogP contribution in [0.4, 0.5) is 11.9 Å². The Hall–Kier alpha value is -1.57. The fourth-order valence-corrected chi connectivity index (χ4v) is 2.58. The van der Waals surface area contributed by atoms with Gasteiger partial charge in [-0.15, -0.1) is 0 Å². The quantitative estimate of drug-likeness (QED) is 0.666. The highest BCUT2D eigenvalue weighted by Crippen LogP contribution is 2.18. The third-order valence-corrected chi connectivity index (χ3v) is 3.55. The number of aromatic nitrogens is 3. The van der Waals surface area contributed by atoms with Crippen LogP contribution >= 0.6 is 11.8 Å². The zero-order valence-electron chi connectivity index (χ0n) is 9.93. The van der Waals surface area contributed by atoms with Crippen molar-refractivity contribution in [2.75, 3.05) is 17.2 Å². The molecular weight excluding hydrogens is 252 g/mol. The average molecular weight is 268 g/mol. The minimum absolute atomic E-state index is 0.00976. The van der Waals surface area contributed by atoms with Crippen molar-refractivity contribution < 1.29 is 4.79 Å². The summed E-state index contributed by atoms with van der Waals surface area (Å²) in [6, 6.07) is 0.326. The minimum Gasteiger partial charge on any atom is -0.368 e. The Bertz CT molecular complexity index is 414. The second kappa shape index (κ2) is 5.85. The van der Waals surface area contributed by atoms with Crippen molar-refractivity contribution in [3.05, 3.63) is 0 Å². The van der Waals surface area contributed by atoms with Crippen LogP contribution in [0.2, 0.25) is 0 Å².